The molecule has 0 amide bonds. The van der Waals surface area contributed by atoms with Crippen LogP contribution in [0.2, 0.25) is 0 Å². The van der Waals surface area contributed by atoms with E-state index >= 15 is 0 Å². The third kappa shape index (κ3) is 19.5. The van der Waals surface area contributed by atoms with Gasteiger partial charge in [-0.1, -0.05) is 110 Å². The van der Waals surface area contributed by atoms with Gasteiger partial charge in [0.1, 0.15) is 0 Å². The highest BCUT2D eigenvalue weighted by Crippen LogP contribution is 2.14. The molecule has 2 N–H and O–H groups in total. The highest BCUT2D eigenvalue weighted by Gasteiger charge is 1.94. The lowest BCUT2D eigenvalue weighted by Gasteiger charge is -2.03. The van der Waals surface area contributed by atoms with Crippen molar-refractivity contribution in [2.75, 3.05) is 0 Å². The van der Waals surface area contributed by atoms with Gasteiger partial charge in [0.05, 0.1) is 0 Å². The molecule has 0 radical (unpaired) electrons. The molecular weight excluding hydrogens is 254 g/mol. The SMILES string of the molecule is C=C(N)CCCCCCCCCCCCCCCCCC. The molecule has 0 atom stereocenters. The smallest absolute Gasteiger partial charge is 0.000744 e. The van der Waals surface area contributed by atoms with Gasteiger partial charge in [0, 0.05) is 5.70 Å². The van der Waals surface area contributed by atoms with E-state index in [2.05, 4.69) is 13.5 Å². The first kappa shape index (κ1) is 20.5. The standard InChI is InChI=1S/C20H41N/c1-3-4-5-6-7-8-9-10-11-12-13-14-15-16-17-18-19-20(2)21/h2-19,21H2,1H3. The lowest BCUT2D eigenvalue weighted by molar-refractivity contribution is 0.529. The summed E-state index contributed by atoms with van der Waals surface area (Å²) in [6.07, 6.45) is 23.7. The van der Waals surface area contributed by atoms with E-state index in [0.29, 0.717) is 0 Å². The van der Waals surface area contributed by atoms with E-state index in [1.165, 1.54) is 103 Å². The van der Waals surface area contributed by atoms with Gasteiger partial charge in [-0.25, -0.2) is 0 Å². The number of allylic oxidation sites excluding steroid dienone is 1. The summed E-state index contributed by atoms with van der Waals surface area (Å²) in [6, 6.07) is 0. The zero-order valence-electron chi connectivity index (χ0n) is 14.8. The second-order valence-corrected chi connectivity index (χ2v) is 6.71. The van der Waals surface area contributed by atoms with Crippen LogP contribution >= 0.6 is 0 Å². The predicted molar refractivity (Wildman–Crippen MR) is 97.5 cm³/mol. The maximum atomic E-state index is 5.56. The molecule has 0 aromatic heterocycles. The first-order chi connectivity index (χ1) is 10.3. The van der Waals surface area contributed by atoms with Gasteiger partial charge in [0.2, 0.25) is 0 Å². The molecule has 1 nitrogen and oxygen atoms in total. The van der Waals surface area contributed by atoms with Gasteiger partial charge in [-0.05, 0) is 12.8 Å². The average molecular weight is 296 g/mol. The Bertz CT molecular complexity index is 210. The van der Waals surface area contributed by atoms with Gasteiger partial charge < -0.3 is 5.73 Å². The minimum absolute atomic E-state index is 0.848. The summed E-state index contributed by atoms with van der Waals surface area (Å²) in [4.78, 5) is 0. The molecule has 0 aliphatic heterocycles. The molecule has 0 saturated heterocycles. The van der Waals surface area contributed by atoms with Crippen LogP contribution < -0.4 is 5.73 Å². The fraction of sp³-hybridized carbons (Fsp3) is 0.900. The molecule has 126 valence electrons. The van der Waals surface area contributed by atoms with Gasteiger partial charge in [-0.2, -0.15) is 0 Å². The monoisotopic (exact) mass is 295 g/mol. The van der Waals surface area contributed by atoms with Crippen molar-refractivity contribution < 1.29 is 0 Å². The first-order valence-corrected chi connectivity index (χ1v) is 9.70. The van der Waals surface area contributed by atoms with Crippen LogP contribution in [0.3, 0.4) is 0 Å². The summed E-state index contributed by atoms with van der Waals surface area (Å²) in [5.74, 6) is 0. The third-order valence-electron chi connectivity index (χ3n) is 4.35. The van der Waals surface area contributed by atoms with Crippen molar-refractivity contribution in [3.63, 3.8) is 0 Å². The molecule has 0 fully saturated rings. The van der Waals surface area contributed by atoms with Crippen LogP contribution in [0.5, 0.6) is 0 Å². The number of rotatable bonds is 17. The van der Waals surface area contributed by atoms with Crippen LogP contribution in [0.4, 0.5) is 0 Å². The molecule has 0 saturated carbocycles. The van der Waals surface area contributed by atoms with E-state index < -0.39 is 0 Å². The zero-order chi connectivity index (χ0) is 15.6. The molecule has 0 unspecified atom stereocenters. The van der Waals surface area contributed by atoms with Crippen LogP contribution in [0.15, 0.2) is 12.3 Å². The van der Waals surface area contributed by atoms with Gasteiger partial charge in [-0.15, -0.1) is 0 Å². The van der Waals surface area contributed by atoms with Gasteiger partial charge in [0.25, 0.3) is 0 Å². The van der Waals surface area contributed by atoms with E-state index in [1.807, 2.05) is 0 Å². The van der Waals surface area contributed by atoms with Crippen molar-refractivity contribution in [1.82, 2.24) is 0 Å². The van der Waals surface area contributed by atoms with Crippen LogP contribution in [0.1, 0.15) is 116 Å². The molecule has 0 rings (SSSR count). The number of nitrogens with two attached hydrogens (primary N) is 1. The van der Waals surface area contributed by atoms with Crippen LogP contribution in [-0.4, -0.2) is 0 Å². The summed E-state index contributed by atoms with van der Waals surface area (Å²) < 4.78 is 0. The molecular formula is C20H41N. The van der Waals surface area contributed by atoms with E-state index in [0.717, 1.165) is 12.1 Å². The summed E-state index contributed by atoms with van der Waals surface area (Å²) in [5.41, 5.74) is 6.41. The second-order valence-electron chi connectivity index (χ2n) is 6.71. The molecule has 0 spiro atoms. The Morgan fingerprint density at radius 3 is 1.14 bits per heavy atom. The highest BCUT2D eigenvalue weighted by molar-refractivity contribution is 4.84. The quantitative estimate of drug-likeness (QED) is 0.284. The summed E-state index contributed by atoms with van der Waals surface area (Å²) >= 11 is 0. The second kappa shape index (κ2) is 17.6. The fourth-order valence-electron chi connectivity index (χ4n) is 2.90. The lowest BCUT2D eigenvalue weighted by Crippen LogP contribution is -1.93. The van der Waals surface area contributed by atoms with Gasteiger partial charge in [0.15, 0.2) is 0 Å². The summed E-state index contributed by atoms with van der Waals surface area (Å²) in [5, 5.41) is 0. The Morgan fingerprint density at radius 1 is 0.571 bits per heavy atom. The van der Waals surface area contributed by atoms with Crippen molar-refractivity contribution in [2.24, 2.45) is 5.73 Å². The molecule has 1 heteroatoms. The molecule has 0 aliphatic carbocycles. The fourth-order valence-corrected chi connectivity index (χ4v) is 2.90. The van der Waals surface area contributed by atoms with Crippen LogP contribution in [-0.2, 0) is 0 Å². The molecule has 21 heavy (non-hydrogen) atoms. The highest BCUT2D eigenvalue weighted by atomic mass is 14.5. The average Bonchev–Trinajstić information content (AvgIpc) is 2.46. The van der Waals surface area contributed by atoms with E-state index in [9.17, 15) is 0 Å². The van der Waals surface area contributed by atoms with Gasteiger partial charge in [-0.3, -0.25) is 0 Å². The predicted octanol–water partition coefficient (Wildman–Crippen LogP) is 7.11. The van der Waals surface area contributed by atoms with Crippen molar-refractivity contribution >= 4 is 0 Å². The minimum atomic E-state index is 0.848. The van der Waals surface area contributed by atoms with Crippen LogP contribution in [0, 0.1) is 0 Å². The van der Waals surface area contributed by atoms with E-state index in [4.69, 9.17) is 5.73 Å². The van der Waals surface area contributed by atoms with Gasteiger partial charge >= 0.3 is 0 Å². The Hall–Kier alpha value is -0.460. The Kier molecular flexibility index (Phi) is 17.2. The topological polar surface area (TPSA) is 26.0 Å². The molecule has 0 aromatic carbocycles. The lowest BCUT2D eigenvalue weighted by atomic mass is 10.0. The van der Waals surface area contributed by atoms with E-state index in [-0.39, 0.29) is 0 Å². The van der Waals surface area contributed by atoms with E-state index in [1.54, 1.807) is 0 Å². The minimum Gasteiger partial charge on any atom is -0.403 e. The summed E-state index contributed by atoms with van der Waals surface area (Å²) in [6.45, 7) is 6.03. The van der Waals surface area contributed by atoms with Crippen molar-refractivity contribution in [1.29, 1.82) is 0 Å². The molecule has 0 heterocycles. The van der Waals surface area contributed by atoms with Crippen molar-refractivity contribution in [3.05, 3.63) is 12.3 Å². The van der Waals surface area contributed by atoms with Crippen molar-refractivity contribution in [3.8, 4) is 0 Å². The zero-order valence-corrected chi connectivity index (χ0v) is 14.8. The Labute approximate surface area is 134 Å². The Balaban J connectivity index is 2.95. The Morgan fingerprint density at radius 2 is 0.857 bits per heavy atom. The normalized spacial score (nSPS) is 10.9. The molecule has 0 aliphatic rings. The maximum Gasteiger partial charge on any atom is 0.000744 e. The molecule has 0 aromatic rings. The number of hydrogen-bond acceptors (Lipinski definition) is 1. The first-order valence-electron chi connectivity index (χ1n) is 9.70. The number of unbranched alkanes of at least 4 members (excludes halogenated alkanes) is 15. The third-order valence-corrected chi connectivity index (χ3v) is 4.35. The maximum absolute atomic E-state index is 5.56. The number of hydrogen-bond donors (Lipinski definition) is 1. The summed E-state index contributed by atoms with van der Waals surface area (Å²) in [7, 11) is 0. The molecule has 0 bridgehead atoms. The largest absolute Gasteiger partial charge is 0.403 e. The van der Waals surface area contributed by atoms with Crippen LogP contribution in [0.25, 0.3) is 0 Å². The van der Waals surface area contributed by atoms with Crippen molar-refractivity contribution in [2.45, 2.75) is 116 Å².